The molecule has 1 fully saturated rings. The Morgan fingerprint density at radius 2 is 1.91 bits per heavy atom. The summed E-state index contributed by atoms with van der Waals surface area (Å²) in [6.07, 6.45) is 8.57. The van der Waals surface area contributed by atoms with E-state index in [2.05, 4.69) is 15.1 Å². The first-order valence-corrected chi connectivity index (χ1v) is 11.9. The Hall–Kier alpha value is -3.72. The molecule has 9 heteroatoms. The van der Waals surface area contributed by atoms with Crippen LogP contribution in [-0.2, 0) is 6.42 Å². The second-order valence-electron chi connectivity index (χ2n) is 8.65. The molecular weight excluding hydrogens is 446 g/mol. The Kier molecular flexibility index (Phi) is 8.97. The number of H-pyrrole nitrogens is 1. The quantitative estimate of drug-likeness (QED) is 0.483. The Morgan fingerprint density at radius 3 is 2.54 bits per heavy atom. The molecular formula is C26H33N5O4. The summed E-state index contributed by atoms with van der Waals surface area (Å²) in [6, 6.07) is 11.2. The van der Waals surface area contributed by atoms with E-state index in [0.29, 0.717) is 5.69 Å². The molecule has 0 saturated carbocycles. The molecule has 0 aliphatic carbocycles. The van der Waals surface area contributed by atoms with E-state index in [1.165, 1.54) is 6.21 Å². The highest BCUT2D eigenvalue weighted by Gasteiger charge is 2.23. The van der Waals surface area contributed by atoms with Gasteiger partial charge in [0.25, 0.3) is 5.56 Å². The van der Waals surface area contributed by atoms with Crippen LogP contribution in [0.25, 0.3) is 5.69 Å². The molecule has 0 spiro atoms. The minimum atomic E-state index is -0.699. The summed E-state index contributed by atoms with van der Waals surface area (Å²) in [5, 5.41) is 25.2. The topological polar surface area (TPSA) is 124 Å². The van der Waals surface area contributed by atoms with Crippen molar-refractivity contribution in [2.75, 3.05) is 6.54 Å². The zero-order chi connectivity index (χ0) is 25.4. The number of aromatic hydroxyl groups is 1. The van der Waals surface area contributed by atoms with Crippen LogP contribution >= 0.6 is 0 Å². The number of hydrazone groups is 1. The maximum Gasteiger partial charge on any atom is 0.335 e. The summed E-state index contributed by atoms with van der Waals surface area (Å²) in [7, 11) is 0. The lowest BCUT2D eigenvalue weighted by Gasteiger charge is -2.33. The van der Waals surface area contributed by atoms with Gasteiger partial charge in [0.2, 0.25) is 5.88 Å². The van der Waals surface area contributed by atoms with Crippen molar-refractivity contribution in [2.45, 2.75) is 58.6 Å². The maximum absolute atomic E-state index is 12.4. The maximum atomic E-state index is 12.4. The van der Waals surface area contributed by atoms with Gasteiger partial charge in [0.15, 0.2) is 0 Å². The molecule has 3 N–H and O–H groups in total. The molecule has 2 aromatic heterocycles. The van der Waals surface area contributed by atoms with Crippen LogP contribution in [0, 0.1) is 0 Å². The van der Waals surface area contributed by atoms with E-state index in [0.717, 1.165) is 47.9 Å². The Morgan fingerprint density at radius 1 is 1.20 bits per heavy atom. The molecule has 1 aromatic carbocycles. The average molecular weight is 480 g/mol. The van der Waals surface area contributed by atoms with Gasteiger partial charge in [-0.1, -0.05) is 25.1 Å². The van der Waals surface area contributed by atoms with E-state index in [1.807, 2.05) is 42.4 Å². The minimum absolute atomic E-state index is 0.0485. The van der Waals surface area contributed by atoms with E-state index >= 15 is 0 Å². The van der Waals surface area contributed by atoms with Crippen molar-refractivity contribution in [1.29, 1.82) is 0 Å². The first-order chi connectivity index (χ1) is 16.8. The van der Waals surface area contributed by atoms with E-state index in [-0.39, 0.29) is 17.7 Å². The number of piperidine rings is 1. The second-order valence-corrected chi connectivity index (χ2v) is 8.65. The third-order valence-electron chi connectivity index (χ3n) is 5.60. The number of aliphatic hydroxyl groups excluding tert-OH is 1. The Balaban J connectivity index is 0.000000795. The molecule has 3 aromatic rings. The van der Waals surface area contributed by atoms with Gasteiger partial charge in [-0.25, -0.2) is 9.36 Å². The number of hydrogen-bond donors (Lipinski definition) is 3. The summed E-state index contributed by atoms with van der Waals surface area (Å²) in [5.41, 5.74) is 1.19. The fourth-order valence-corrected chi connectivity index (χ4v) is 3.87. The fraction of sp³-hybridized carbons (Fsp3) is 0.385. The van der Waals surface area contributed by atoms with Crippen molar-refractivity contribution >= 4 is 6.21 Å². The molecule has 1 atom stereocenters. The van der Waals surface area contributed by atoms with Crippen molar-refractivity contribution < 1.29 is 10.2 Å². The highest BCUT2D eigenvalue weighted by molar-refractivity contribution is 5.82. The van der Waals surface area contributed by atoms with Gasteiger partial charge in [-0.05, 0) is 68.9 Å². The number of aromatic nitrogens is 3. The van der Waals surface area contributed by atoms with Crippen molar-refractivity contribution in [3.8, 4) is 11.6 Å². The Bertz CT molecular complexity index is 1230. The van der Waals surface area contributed by atoms with Crippen molar-refractivity contribution in [1.82, 2.24) is 19.5 Å². The second kappa shape index (κ2) is 12.1. The molecule has 35 heavy (non-hydrogen) atoms. The molecule has 9 nitrogen and oxygen atoms in total. The summed E-state index contributed by atoms with van der Waals surface area (Å²) in [4.78, 5) is 31.3. The fourth-order valence-electron chi connectivity index (χ4n) is 3.87. The zero-order valence-corrected chi connectivity index (χ0v) is 20.4. The third kappa shape index (κ3) is 6.66. The number of pyridine rings is 1. The number of aryl methyl sites for hydroxylation is 1. The standard InChI is InChI=1S/C23H25N5O3.C3H8O/c1-2-16-8-10-18(11-9-16)28-22(30)19(21(29)26-23(28)31)15-25-27-13-4-3-7-20(27)17-6-5-12-24-14-17;1-3(2)4/h5-6,8-12,14-15,20,30H,2-4,7,13H2,1H3,(H,26,29,31);3-4H,1-2H3. The Labute approximate surface area is 204 Å². The predicted octanol–water partition coefficient (Wildman–Crippen LogP) is 3.14. The van der Waals surface area contributed by atoms with Gasteiger partial charge in [0.05, 0.1) is 17.9 Å². The van der Waals surface area contributed by atoms with Gasteiger partial charge in [-0.2, -0.15) is 5.10 Å². The molecule has 1 aliphatic rings. The summed E-state index contributed by atoms with van der Waals surface area (Å²) in [5.74, 6) is -0.434. The molecule has 0 radical (unpaired) electrons. The molecule has 0 amide bonds. The van der Waals surface area contributed by atoms with Crippen LogP contribution in [0.1, 0.15) is 62.8 Å². The lowest BCUT2D eigenvalue weighted by atomic mass is 9.98. The number of hydrogen-bond acceptors (Lipinski definition) is 7. The lowest BCUT2D eigenvalue weighted by Crippen LogP contribution is -2.32. The van der Waals surface area contributed by atoms with Crippen LogP contribution in [0.5, 0.6) is 5.88 Å². The normalized spacial score (nSPS) is 15.8. The van der Waals surface area contributed by atoms with Crippen LogP contribution in [0.4, 0.5) is 0 Å². The van der Waals surface area contributed by atoms with Gasteiger partial charge in [0, 0.05) is 25.0 Å². The van der Waals surface area contributed by atoms with Gasteiger partial charge in [-0.15, -0.1) is 0 Å². The number of rotatable bonds is 5. The summed E-state index contributed by atoms with van der Waals surface area (Å²) >= 11 is 0. The number of aromatic amines is 1. The summed E-state index contributed by atoms with van der Waals surface area (Å²) in [6.45, 7) is 6.21. The number of aliphatic hydroxyl groups is 1. The van der Waals surface area contributed by atoms with Crippen LogP contribution in [-0.4, -0.2) is 48.6 Å². The van der Waals surface area contributed by atoms with Gasteiger partial charge in [0.1, 0.15) is 5.56 Å². The number of nitrogens with zero attached hydrogens (tertiary/aromatic N) is 4. The molecule has 1 unspecified atom stereocenters. The minimum Gasteiger partial charge on any atom is -0.493 e. The largest absolute Gasteiger partial charge is 0.493 e. The average Bonchev–Trinajstić information content (AvgIpc) is 2.84. The van der Waals surface area contributed by atoms with Crippen molar-refractivity contribution in [3.05, 3.63) is 86.3 Å². The first-order valence-electron chi connectivity index (χ1n) is 11.9. The third-order valence-corrected chi connectivity index (χ3v) is 5.60. The van der Waals surface area contributed by atoms with E-state index < -0.39 is 17.1 Å². The van der Waals surface area contributed by atoms with Gasteiger partial charge in [-0.3, -0.25) is 19.8 Å². The zero-order valence-electron chi connectivity index (χ0n) is 20.4. The molecule has 186 valence electrons. The molecule has 1 aliphatic heterocycles. The van der Waals surface area contributed by atoms with Crippen LogP contribution in [0.3, 0.4) is 0 Å². The predicted molar refractivity (Wildman–Crippen MR) is 136 cm³/mol. The van der Waals surface area contributed by atoms with Gasteiger partial charge >= 0.3 is 5.69 Å². The summed E-state index contributed by atoms with van der Waals surface area (Å²) < 4.78 is 1.08. The van der Waals surface area contributed by atoms with E-state index in [1.54, 1.807) is 32.2 Å². The lowest BCUT2D eigenvalue weighted by molar-refractivity contribution is 0.156. The SMILES string of the molecule is CC(C)O.CCc1ccc(-n2c(O)c(C=NN3CCCCC3c3cccnc3)c(=O)[nH]c2=O)cc1. The molecule has 0 bridgehead atoms. The van der Waals surface area contributed by atoms with Crippen molar-refractivity contribution in [3.63, 3.8) is 0 Å². The highest BCUT2D eigenvalue weighted by Crippen LogP contribution is 2.30. The molecule has 1 saturated heterocycles. The van der Waals surface area contributed by atoms with E-state index in [4.69, 9.17) is 5.11 Å². The van der Waals surface area contributed by atoms with Crippen LogP contribution < -0.4 is 11.2 Å². The monoisotopic (exact) mass is 479 g/mol. The van der Waals surface area contributed by atoms with Gasteiger partial charge < -0.3 is 10.2 Å². The molecule has 4 rings (SSSR count). The van der Waals surface area contributed by atoms with Crippen LogP contribution in [0.2, 0.25) is 0 Å². The van der Waals surface area contributed by atoms with Crippen LogP contribution in [0.15, 0.2) is 63.5 Å². The smallest absolute Gasteiger partial charge is 0.335 e. The highest BCUT2D eigenvalue weighted by atomic mass is 16.3. The molecule has 3 heterocycles. The number of nitrogens with one attached hydrogen (secondary N) is 1. The van der Waals surface area contributed by atoms with Crippen molar-refractivity contribution in [2.24, 2.45) is 5.10 Å². The first kappa shape index (κ1) is 25.9. The van der Waals surface area contributed by atoms with E-state index in [9.17, 15) is 14.7 Å². The number of benzene rings is 1.